The Morgan fingerprint density at radius 1 is 1.40 bits per heavy atom. The molecule has 1 aromatic heterocycles. The maximum atomic E-state index is 11.8. The molecule has 0 bridgehead atoms. The van der Waals surface area contributed by atoms with Crippen LogP contribution in [0.1, 0.15) is 5.69 Å². The highest BCUT2D eigenvalue weighted by molar-refractivity contribution is 7.89. The normalized spacial score (nSPS) is 12.1. The van der Waals surface area contributed by atoms with E-state index in [9.17, 15) is 21.6 Å². The van der Waals surface area contributed by atoms with E-state index in [-0.39, 0.29) is 17.1 Å². The van der Waals surface area contributed by atoms with Gasteiger partial charge in [0.05, 0.1) is 6.61 Å². The number of sulfonamides is 1. The molecule has 0 saturated heterocycles. The predicted molar refractivity (Wildman–Crippen MR) is 61.0 cm³/mol. The van der Waals surface area contributed by atoms with Crippen molar-refractivity contribution in [3.8, 4) is 6.07 Å². The molecule has 0 aliphatic carbocycles. The number of rotatable bonds is 6. The van der Waals surface area contributed by atoms with Crippen LogP contribution in [-0.2, 0) is 14.8 Å². The predicted octanol–water partition coefficient (Wildman–Crippen LogP) is 0.810. The van der Waals surface area contributed by atoms with E-state index in [1.54, 1.807) is 6.07 Å². The van der Waals surface area contributed by atoms with Gasteiger partial charge < -0.3 is 4.74 Å². The van der Waals surface area contributed by atoms with Crippen molar-refractivity contribution in [1.29, 1.82) is 5.26 Å². The van der Waals surface area contributed by atoms with Gasteiger partial charge in [0.1, 0.15) is 23.3 Å². The lowest BCUT2D eigenvalue weighted by Gasteiger charge is -2.09. The van der Waals surface area contributed by atoms with Crippen molar-refractivity contribution in [2.24, 2.45) is 0 Å². The van der Waals surface area contributed by atoms with E-state index in [0.717, 1.165) is 6.20 Å². The Balaban J connectivity index is 2.47. The lowest BCUT2D eigenvalue weighted by atomic mass is 10.4. The van der Waals surface area contributed by atoms with Gasteiger partial charge in [-0.1, -0.05) is 0 Å². The summed E-state index contributed by atoms with van der Waals surface area (Å²) < 4.78 is 64.9. The van der Waals surface area contributed by atoms with Crippen LogP contribution >= 0.6 is 0 Å². The molecule has 0 fully saturated rings. The molecule has 0 amide bonds. The van der Waals surface area contributed by atoms with Crippen molar-refractivity contribution in [3.05, 3.63) is 24.0 Å². The molecule has 0 aliphatic rings. The lowest BCUT2D eigenvalue weighted by molar-refractivity contribution is -0.173. The van der Waals surface area contributed by atoms with Crippen LogP contribution in [0.3, 0.4) is 0 Å². The summed E-state index contributed by atoms with van der Waals surface area (Å²) in [5, 5.41) is 8.51. The molecule has 1 N–H and O–H groups in total. The van der Waals surface area contributed by atoms with Crippen molar-refractivity contribution < 1.29 is 26.3 Å². The van der Waals surface area contributed by atoms with Gasteiger partial charge in [-0.3, -0.25) is 0 Å². The summed E-state index contributed by atoms with van der Waals surface area (Å²) in [6.07, 6.45) is -3.46. The minimum Gasteiger partial charge on any atom is -0.371 e. The summed E-state index contributed by atoms with van der Waals surface area (Å²) in [4.78, 5) is 3.39. The monoisotopic (exact) mass is 309 g/mol. The molecule has 0 radical (unpaired) electrons. The van der Waals surface area contributed by atoms with E-state index in [2.05, 4.69) is 14.4 Å². The zero-order valence-electron chi connectivity index (χ0n) is 10.0. The molecule has 1 rings (SSSR count). The fourth-order valence-corrected chi connectivity index (χ4v) is 2.08. The minimum absolute atomic E-state index is 0.0532. The summed E-state index contributed by atoms with van der Waals surface area (Å²) in [5.74, 6) is 0. The van der Waals surface area contributed by atoms with Crippen LogP contribution in [0, 0.1) is 11.3 Å². The zero-order chi connectivity index (χ0) is 15.2. The topological polar surface area (TPSA) is 92.1 Å². The smallest absolute Gasteiger partial charge is 0.371 e. The van der Waals surface area contributed by atoms with Gasteiger partial charge in [-0.2, -0.15) is 18.4 Å². The van der Waals surface area contributed by atoms with E-state index in [0.29, 0.717) is 0 Å². The van der Waals surface area contributed by atoms with E-state index in [1.807, 2.05) is 0 Å². The first-order valence-electron chi connectivity index (χ1n) is 5.25. The average Bonchev–Trinajstić information content (AvgIpc) is 2.37. The van der Waals surface area contributed by atoms with Crippen molar-refractivity contribution in [3.63, 3.8) is 0 Å². The molecule has 1 heterocycles. The SMILES string of the molecule is N#Cc1ccc(S(=O)(=O)NCCOCC(F)(F)F)cn1. The molecular weight excluding hydrogens is 299 g/mol. The van der Waals surface area contributed by atoms with E-state index < -0.39 is 29.4 Å². The van der Waals surface area contributed by atoms with Gasteiger partial charge in [0.15, 0.2) is 0 Å². The molecule has 0 saturated carbocycles. The number of pyridine rings is 1. The Morgan fingerprint density at radius 2 is 2.10 bits per heavy atom. The first kappa shape index (κ1) is 16.4. The molecule has 10 heteroatoms. The number of ether oxygens (including phenoxy) is 1. The van der Waals surface area contributed by atoms with Crippen LogP contribution < -0.4 is 4.72 Å². The van der Waals surface area contributed by atoms with Crippen LogP contribution in [0.15, 0.2) is 23.2 Å². The van der Waals surface area contributed by atoms with Gasteiger partial charge in [-0.25, -0.2) is 18.1 Å². The number of nitriles is 1. The van der Waals surface area contributed by atoms with Crippen LogP contribution in [-0.4, -0.2) is 39.3 Å². The van der Waals surface area contributed by atoms with Crippen molar-refractivity contribution in [1.82, 2.24) is 9.71 Å². The van der Waals surface area contributed by atoms with Gasteiger partial charge in [0.25, 0.3) is 0 Å². The number of aromatic nitrogens is 1. The molecule has 0 aliphatic heterocycles. The second kappa shape index (κ2) is 6.65. The Kier molecular flexibility index (Phi) is 5.43. The van der Waals surface area contributed by atoms with E-state index in [4.69, 9.17) is 5.26 Å². The third-order valence-electron chi connectivity index (χ3n) is 1.97. The molecule has 6 nitrogen and oxygen atoms in total. The molecule has 0 aromatic carbocycles. The van der Waals surface area contributed by atoms with Crippen LogP contribution in [0.2, 0.25) is 0 Å². The van der Waals surface area contributed by atoms with Crippen LogP contribution in [0.5, 0.6) is 0 Å². The number of hydrogen-bond acceptors (Lipinski definition) is 5. The highest BCUT2D eigenvalue weighted by atomic mass is 32.2. The summed E-state index contributed by atoms with van der Waals surface area (Å²) in [5.41, 5.74) is 0.0532. The maximum Gasteiger partial charge on any atom is 0.411 e. The van der Waals surface area contributed by atoms with Gasteiger partial charge >= 0.3 is 6.18 Å². The van der Waals surface area contributed by atoms with Crippen LogP contribution in [0.4, 0.5) is 13.2 Å². The highest BCUT2D eigenvalue weighted by Crippen LogP contribution is 2.14. The third kappa shape index (κ3) is 5.52. The van der Waals surface area contributed by atoms with Crippen molar-refractivity contribution >= 4 is 10.0 Å². The van der Waals surface area contributed by atoms with E-state index in [1.165, 1.54) is 12.1 Å². The fourth-order valence-electron chi connectivity index (χ4n) is 1.12. The quantitative estimate of drug-likeness (QED) is 0.785. The first-order valence-corrected chi connectivity index (χ1v) is 6.73. The molecule has 110 valence electrons. The second-order valence-corrected chi connectivity index (χ2v) is 5.32. The number of hydrogen-bond donors (Lipinski definition) is 1. The number of alkyl halides is 3. The lowest BCUT2D eigenvalue weighted by Crippen LogP contribution is -2.29. The number of nitrogens with one attached hydrogen (secondary N) is 1. The molecule has 0 unspecified atom stereocenters. The van der Waals surface area contributed by atoms with Gasteiger partial charge in [-0.05, 0) is 12.1 Å². The summed E-state index contributed by atoms with van der Waals surface area (Å²) >= 11 is 0. The maximum absolute atomic E-state index is 11.8. The second-order valence-electron chi connectivity index (χ2n) is 3.56. The van der Waals surface area contributed by atoms with Gasteiger partial charge in [0, 0.05) is 12.7 Å². The Hall–Kier alpha value is -1.70. The number of nitrogens with zero attached hydrogens (tertiary/aromatic N) is 2. The Labute approximate surface area is 113 Å². The average molecular weight is 309 g/mol. The summed E-state index contributed by atoms with van der Waals surface area (Å²) in [7, 11) is -3.88. The largest absolute Gasteiger partial charge is 0.411 e. The molecule has 1 aromatic rings. The van der Waals surface area contributed by atoms with E-state index >= 15 is 0 Å². The molecule has 0 spiro atoms. The fraction of sp³-hybridized carbons (Fsp3) is 0.400. The van der Waals surface area contributed by atoms with Gasteiger partial charge in [-0.15, -0.1) is 0 Å². The summed E-state index contributed by atoms with van der Waals surface area (Å²) in [6.45, 7) is -2.16. The molecule has 20 heavy (non-hydrogen) atoms. The van der Waals surface area contributed by atoms with Crippen molar-refractivity contribution in [2.75, 3.05) is 19.8 Å². The molecular formula is C10H10F3N3O3S. The van der Waals surface area contributed by atoms with Crippen molar-refractivity contribution in [2.45, 2.75) is 11.1 Å². The molecule has 0 atom stereocenters. The third-order valence-corrected chi connectivity index (χ3v) is 3.41. The highest BCUT2D eigenvalue weighted by Gasteiger charge is 2.27. The Bertz CT molecular complexity index is 578. The zero-order valence-corrected chi connectivity index (χ0v) is 10.8. The minimum atomic E-state index is -4.45. The first-order chi connectivity index (χ1) is 9.24. The Morgan fingerprint density at radius 3 is 2.60 bits per heavy atom. The number of halogens is 3. The summed E-state index contributed by atoms with van der Waals surface area (Å²) in [6, 6.07) is 4.11. The van der Waals surface area contributed by atoms with Crippen LogP contribution in [0.25, 0.3) is 0 Å². The van der Waals surface area contributed by atoms with Gasteiger partial charge in [0.2, 0.25) is 10.0 Å². The standard InChI is InChI=1S/C10H10F3N3O3S/c11-10(12,13)7-19-4-3-16-20(17,18)9-2-1-8(5-14)15-6-9/h1-2,6,16H,3-4,7H2.